The van der Waals surface area contributed by atoms with E-state index in [9.17, 15) is 18.0 Å². The molecule has 0 fully saturated rings. The van der Waals surface area contributed by atoms with Crippen molar-refractivity contribution in [1.29, 1.82) is 0 Å². The Labute approximate surface area is 210 Å². The number of aromatic amines is 1. The maximum atomic E-state index is 13.1. The first kappa shape index (κ1) is 24.2. The van der Waals surface area contributed by atoms with Crippen LogP contribution in [0.5, 0.6) is 11.5 Å². The second kappa shape index (κ2) is 8.88. The van der Waals surface area contributed by atoms with Gasteiger partial charge in [0.1, 0.15) is 17.2 Å². The number of amides is 2. The third-order valence-electron chi connectivity index (χ3n) is 5.84. The molecule has 0 unspecified atom stereocenters. The molecule has 37 heavy (non-hydrogen) atoms. The van der Waals surface area contributed by atoms with Crippen molar-refractivity contribution in [2.24, 2.45) is 0 Å². The minimum atomic E-state index is -4.45. The summed E-state index contributed by atoms with van der Waals surface area (Å²) >= 11 is 0. The maximum Gasteiger partial charge on any atom is 0.416 e. The molecule has 0 aliphatic carbocycles. The lowest BCUT2D eigenvalue weighted by Gasteiger charge is -2.29. The summed E-state index contributed by atoms with van der Waals surface area (Å²) < 4.78 is 50.7. The highest BCUT2D eigenvalue weighted by molar-refractivity contribution is 6.02. The topological polar surface area (TPSA) is 88.3 Å². The average Bonchev–Trinajstić information content (AvgIpc) is 3.26. The molecule has 2 amide bonds. The van der Waals surface area contributed by atoms with E-state index in [1.54, 1.807) is 36.4 Å². The quantitative estimate of drug-likeness (QED) is 0.275. The molecule has 1 aliphatic heterocycles. The van der Waals surface area contributed by atoms with Crippen molar-refractivity contribution in [3.05, 3.63) is 71.8 Å². The molecular formula is C27H23F3N4O3. The van der Waals surface area contributed by atoms with Crippen molar-refractivity contribution in [2.45, 2.75) is 25.6 Å². The molecule has 1 aromatic heterocycles. The van der Waals surface area contributed by atoms with E-state index in [1.807, 2.05) is 26.0 Å². The van der Waals surface area contributed by atoms with Gasteiger partial charge in [-0.15, -0.1) is 0 Å². The minimum absolute atomic E-state index is 0.292. The van der Waals surface area contributed by atoms with Crippen LogP contribution in [0.1, 0.15) is 25.0 Å². The van der Waals surface area contributed by atoms with E-state index in [0.29, 0.717) is 45.3 Å². The lowest BCUT2D eigenvalue weighted by molar-refractivity contribution is -0.137. The number of nitrogens with zero attached hydrogens (tertiary/aromatic N) is 1. The fourth-order valence-corrected chi connectivity index (χ4v) is 4.10. The predicted octanol–water partition coefficient (Wildman–Crippen LogP) is 7.09. The summed E-state index contributed by atoms with van der Waals surface area (Å²) in [6.07, 6.45) is -0.643. The van der Waals surface area contributed by atoms with Crippen LogP contribution >= 0.6 is 0 Å². The Bertz CT molecular complexity index is 1540. The van der Waals surface area contributed by atoms with Gasteiger partial charge in [-0.3, -0.25) is 0 Å². The first-order valence-corrected chi connectivity index (χ1v) is 11.4. The van der Waals surface area contributed by atoms with Gasteiger partial charge >= 0.3 is 12.2 Å². The molecular weight excluding hydrogens is 485 g/mol. The molecule has 0 spiro atoms. The number of hydrogen-bond acceptors (Lipinski definition) is 4. The smallest absolute Gasteiger partial charge is 0.416 e. The number of imidazole rings is 1. The number of rotatable bonds is 4. The Morgan fingerprint density at radius 1 is 1.08 bits per heavy atom. The molecule has 2 heterocycles. The van der Waals surface area contributed by atoms with Crippen LogP contribution < -0.4 is 20.1 Å². The Morgan fingerprint density at radius 3 is 2.65 bits per heavy atom. The molecule has 7 nitrogen and oxygen atoms in total. The first-order valence-electron chi connectivity index (χ1n) is 11.4. The third kappa shape index (κ3) is 4.95. The Morgan fingerprint density at radius 2 is 1.89 bits per heavy atom. The van der Waals surface area contributed by atoms with Gasteiger partial charge < -0.3 is 25.1 Å². The van der Waals surface area contributed by atoms with Gasteiger partial charge in [0.2, 0.25) is 0 Å². The number of carbonyl (C=O) groups excluding carboxylic acids is 1. The van der Waals surface area contributed by atoms with E-state index in [4.69, 9.17) is 9.47 Å². The van der Waals surface area contributed by atoms with Crippen molar-refractivity contribution in [3.63, 3.8) is 0 Å². The number of anilines is 2. The van der Waals surface area contributed by atoms with Crippen LogP contribution in [-0.2, 0) is 6.18 Å². The van der Waals surface area contributed by atoms with Crippen molar-refractivity contribution < 1.29 is 27.4 Å². The second-order valence-corrected chi connectivity index (χ2v) is 9.07. The zero-order valence-corrected chi connectivity index (χ0v) is 20.2. The summed E-state index contributed by atoms with van der Waals surface area (Å²) in [5.74, 6) is 1.41. The number of nitrogens with one attached hydrogen (secondary N) is 3. The van der Waals surface area contributed by atoms with Gasteiger partial charge in [0.25, 0.3) is 0 Å². The SMILES string of the molecule is COc1c(NC(=O)Nc2ccc3[nH]c(-c4cccc(C(F)(F)F)c4)nc3c2)ccc2c1C=CC(C)(C)O2. The zero-order valence-electron chi connectivity index (χ0n) is 20.2. The van der Waals surface area contributed by atoms with E-state index >= 15 is 0 Å². The number of halogens is 3. The Hall–Kier alpha value is -4.47. The van der Waals surface area contributed by atoms with Crippen LogP contribution in [0.15, 0.2) is 60.7 Å². The number of fused-ring (bicyclic) bond motifs is 2. The largest absolute Gasteiger partial charge is 0.494 e. The monoisotopic (exact) mass is 508 g/mol. The number of ether oxygens (including phenoxy) is 2. The zero-order chi connectivity index (χ0) is 26.4. The number of methoxy groups -OCH3 is 1. The summed E-state index contributed by atoms with van der Waals surface area (Å²) in [5.41, 5.74) is 1.84. The maximum absolute atomic E-state index is 13.1. The highest BCUT2D eigenvalue weighted by atomic mass is 19.4. The van der Waals surface area contributed by atoms with Crippen molar-refractivity contribution >= 4 is 34.5 Å². The van der Waals surface area contributed by atoms with Gasteiger partial charge in [-0.2, -0.15) is 13.2 Å². The number of urea groups is 1. The van der Waals surface area contributed by atoms with Gasteiger partial charge in [-0.05, 0) is 68.5 Å². The summed E-state index contributed by atoms with van der Waals surface area (Å²) in [6, 6.07) is 12.9. The van der Waals surface area contributed by atoms with Gasteiger partial charge in [-0.1, -0.05) is 12.1 Å². The molecule has 190 valence electrons. The Balaban J connectivity index is 1.35. The summed E-state index contributed by atoms with van der Waals surface area (Å²) in [5, 5.41) is 5.53. The van der Waals surface area contributed by atoms with E-state index < -0.39 is 23.4 Å². The first-order chi connectivity index (χ1) is 17.5. The number of carbonyl (C=O) groups is 1. The fourth-order valence-electron chi connectivity index (χ4n) is 4.10. The number of aromatic nitrogens is 2. The van der Waals surface area contributed by atoms with Crippen LogP contribution in [-0.4, -0.2) is 28.7 Å². The van der Waals surface area contributed by atoms with E-state index in [-0.39, 0.29) is 0 Å². The van der Waals surface area contributed by atoms with E-state index in [0.717, 1.165) is 17.7 Å². The summed E-state index contributed by atoms with van der Waals surface area (Å²) in [4.78, 5) is 20.2. The minimum Gasteiger partial charge on any atom is -0.494 e. The van der Waals surface area contributed by atoms with Crippen molar-refractivity contribution in [1.82, 2.24) is 9.97 Å². The van der Waals surface area contributed by atoms with E-state index in [2.05, 4.69) is 20.6 Å². The van der Waals surface area contributed by atoms with Gasteiger partial charge in [0.15, 0.2) is 5.75 Å². The lowest BCUT2D eigenvalue weighted by atomic mass is 10.0. The molecule has 0 atom stereocenters. The number of benzene rings is 3. The molecule has 3 N–H and O–H groups in total. The van der Waals surface area contributed by atoms with Crippen molar-refractivity contribution in [2.75, 3.05) is 17.7 Å². The Kier molecular flexibility index (Phi) is 5.82. The van der Waals surface area contributed by atoms with Crippen molar-refractivity contribution in [3.8, 4) is 22.9 Å². The summed E-state index contributed by atoms with van der Waals surface area (Å²) in [6.45, 7) is 3.88. The van der Waals surface area contributed by atoms with Crippen LogP contribution in [0.4, 0.5) is 29.3 Å². The number of H-pyrrole nitrogens is 1. The van der Waals surface area contributed by atoms with Gasteiger partial charge in [-0.25, -0.2) is 9.78 Å². The van der Waals surface area contributed by atoms with Crippen LogP contribution in [0.3, 0.4) is 0 Å². The molecule has 0 saturated heterocycles. The molecule has 0 bridgehead atoms. The predicted molar refractivity (Wildman–Crippen MR) is 136 cm³/mol. The van der Waals surface area contributed by atoms with Crippen LogP contribution in [0.25, 0.3) is 28.5 Å². The second-order valence-electron chi connectivity index (χ2n) is 9.07. The van der Waals surface area contributed by atoms with Gasteiger partial charge in [0.05, 0.1) is 35.0 Å². The number of alkyl halides is 3. The number of hydrogen-bond donors (Lipinski definition) is 3. The molecule has 1 aliphatic rings. The highest BCUT2D eigenvalue weighted by Gasteiger charge is 2.30. The van der Waals surface area contributed by atoms with Crippen LogP contribution in [0, 0.1) is 0 Å². The van der Waals surface area contributed by atoms with Gasteiger partial charge in [0, 0.05) is 11.3 Å². The molecule has 0 saturated carbocycles. The average molecular weight is 509 g/mol. The van der Waals surface area contributed by atoms with E-state index in [1.165, 1.54) is 13.2 Å². The standard InChI is InChI=1S/C27H23F3N4O3/c1-26(2)12-11-18-22(37-26)10-9-20(23(18)36-3)34-25(35)31-17-7-8-19-21(14-17)33-24(32-19)15-5-4-6-16(13-15)27(28,29)30/h4-14H,1-3H3,(H,32,33)(H2,31,34,35). The third-order valence-corrected chi connectivity index (χ3v) is 5.84. The molecule has 3 aromatic carbocycles. The summed E-state index contributed by atoms with van der Waals surface area (Å²) in [7, 11) is 1.51. The highest BCUT2D eigenvalue weighted by Crippen LogP contribution is 2.41. The fraction of sp³-hybridized carbons (Fsp3) is 0.185. The molecule has 4 aromatic rings. The molecule has 5 rings (SSSR count). The lowest BCUT2D eigenvalue weighted by Crippen LogP contribution is -2.27. The molecule has 10 heteroatoms. The van der Waals surface area contributed by atoms with Crippen LogP contribution in [0.2, 0.25) is 0 Å². The normalized spacial score (nSPS) is 14.1. The molecule has 0 radical (unpaired) electrons.